The Balaban J connectivity index is 1.74. The second kappa shape index (κ2) is 11.3. The Morgan fingerprint density at radius 3 is 2.56 bits per heavy atom. The maximum Gasteiger partial charge on any atom is 0.326 e. The number of benzene rings is 2. The molecule has 1 atom stereocenters. The molecular weight excluding hydrogens is 424 g/mol. The van der Waals surface area contributed by atoms with Crippen molar-refractivity contribution in [3.8, 4) is 11.3 Å². The third-order valence-electron chi connectivity index (χ3n) is 4.66. The van der Waals surface area contributed by atoms with Crippen LogP contribution in [0.5, 0.6) is 0 Å². The van der Waals surface area contributed by atoms with Gasteiger partial charge in [-0.3, -0.25) is 4.79 Å². The minimum Gasteiger partial charge on any atom is -0.480 e. The Bertz CT molecular complexity index is 1080. The molecule has 0 saturated carbocycles. The summed E-state index contributed by atoms with van der Waals surface area (Å²) in [7, 11) is 0. The van der Waals surface area contributed by atoms with E-state index in [2.05, 4.69) is 20.6 Å². The van der Waals surface area contributed by atoms with Gasteiger partial charge >= 0.3 is 5.97 Å². The topological polar surface area (TPSA) is 104 Å². The minimum atomic E-state index is -1.03. The van der Waals surface area contributed by atoms with Crippen molar-refractivity contribution < 1.29 is 14.7 Å². The number of anilines is 2. The van der Waals surface area contributed by atoms with Gasteiger partial charge in [-0.1, -0.05) is 43.3 Å². The molecule has 0 aliphatic carbocycles. The molecule has 3 aromatic rings. The van der Waals surface area contributed by atoms with Crippen LogP contribution in [0.1, 0.15) is 29.5 Å². The Hall–Kier alpha value is -3.39. The fourth-order valence-electron chi connectivity index (χ4n) is 3.12. The molecule has 0 aliphatic heterocycles. The van der Waals surface area contributed by atoms with E-state index < -0.39 is 17.9 Å². The normalized spacial score (nSPS) is 11.6. The molecule has 0 bridgehead atoms. The standard InChI is InChI=1S/C24H26N4O3S/c1-3-32-13-12-20(24(30)31)28-23(29)18-10-7-11-19(14-18)27-22-15-21(25-16(2)26-22)17-8-5-4-6-9-17/h4-11,14-15,20H,3,12-13H2,1-2H3,(H,28,29)(H,30,31)(H,25,26,27). The van der Waals surface area contributed by atoms with Crippen molar-refractivity contribution in [2.24, 2.45) is 0 Å². The van der Waals surface area contributed by atoms with Gasteiger partial charge in [0.2, 0.25) is 0 Å². The zero-order chi connectivity index (χ0) is 22.9. The van der Waals surface area contributed by atoms with Crippen molar-refractivity contribution in [3.05, 3.63) is 72.1 Å². The first-order valence-electron chi connectivity index (χ1n) is 10.4. The van der Waals surface area contributed by atoms with Crippen LogP contribution in [0.3, 0.4) is 0 Å². The molecule has 0 fully saturated rings. The van der Waals surface area contributed by atoms with Crippen molar-refractivity contribution >= 4 is 35.1 Å². The smallest absolute Gasteiger partial charge is 0.326 e. The molecule has 3 rings (SSSR count). The summed E-state index contributed by atoms with van der Waals surface area (Å²) in [6.07, 6.45) is 0.375. The Kier molecular flexibility index (Phi) is 8.21. The van der Waals surface area contributed by atoms with Gasteiger partial charge in [-0.25, -0.2) is 14.8 Å². The van der Waals surface area contributed by atoms with E-state index in [4.69, 9.17) is 0 Å². The van der Waals surface area contributed by atoms with E-state index in [-0.39, 0.29) is 0 Å². The molecule has 2 aromatic carbocycles. The maximum absolute atomic E-state index is 12.7. The highest BCUT2D eigenvalue weighted by Crippen LogP contribution is 2.22. The number of aryl methyl sites for hydroxylation is 1. The van der Waals surface area contributed by atoms with Gasteiger partial charge in [-0.2, -0.15) is 11.8 Å². The van der Waals surface area contributed by atoms with E-state index >= 15 is 0 Å². The number of aliphatic carboxylic acids is 1. The molecule has 32 heavy (non-hydrogen) atoms. The number of carbonyl (C=O) groups excluding carboxylic acids is 1. The average molecular weight is 451 g/mol. The predicted molar refractivity (Wildman–Crippen MR) is 128 cm³/mol. The molecule has 0 radical (unpaired) electrons. The van der Waals surface area contributed by atoms with Crippen LogP contribution in [0.4, 0.5) is 11.5 Å². The largest absolute Gasteiger partial charge is 0.480 e. The number of nitrogens with zero attached hydrogens (tertiary/aromatic N) is 2. The number of carboxylic acids is 1. The molecule has 3 N–H and O–H groups in total. The second-order valence-corrected chi connectivity index (χ2v) is 8.50. The number of aromatic nitrogens is 2. The summed E-state index contributed by atoms with van der Waals surface area (Å²) in [5.41, 5.74) is 2.82. The van der Waals surface area contributed by atoms with Crippen LogP contribution in [0.2, 0.25) is 0 Å². The van der Waals surface area contributed by atoms with E-state index in [1.807, 2.05) is 56.3 Å². The van der Waals surface area contributed by atoms with E-state index in [0.29, 0.717) is 35.1 Å². The molecule has 0 spiro atoms. The Morgan fingerprint density at radius 2 is 1.84 bits per heavy atom. The molecular formula is C24H26N4O3S. The highest BCUT2D eigenvalue weighted by atomic mass is 32.2. The van der Waals surface area contributed by atoms with E-state index in [9.17, 15) is 14.7 Å². The number of hydrogen-bond donors (Lipinski definition) is 3. The summed E-state index contributed by atoms with van der Waals surface area (Å²) >= 11 is 1.64. The molecule has 1 amide bonds. The first-order valence-corrected chi connectivity index (χ1v) is 11.5. The molecule has 8 heteroatoms. The van der Waals surface area contributed by atoms with Gasteiger partial charge in [0.1, 0.15) is 17.7 Å². The van der Waals surface area contributed by atoms with Gasteiger partial charge in [0.05, 0.1) is 5.69 Å². The van der Waals surface area contributed by atoms with E-state index in [0.717, 1.165) is 17.0 Å². The first-order chi connectivity index (χ1) is 15.5. The summed E-state index contributed by atoms with van der Waals surface area (Å²) in [5, 5.41) is 15.2. The molecule has 1 unspecified atom stereocenters. The molecule has 1 heterocycles. The van der Waals surface area contributed by atoms with Crippen LogP contribution in [0.15, 0.2) is 60.7 Å². The SMILES string of the molecule is CCSCCC(NC(=O)c1cccc(Nc2cc(-c3ccccc3)nc(C)n2)c1)C(=O)O. The van der Waals surface area contributed by atoms with Crippen LogP contribution in [0, 0.1) is 6.92 Å². The quantitative estimate of drug-likeness (QED) is 0.390. The van der Waals surface area contributed by atoms with Crippen molar-refractivity contribution in [1.29, 1.82) is 0 Å². The van der Waals surface area contributed by atoms with Crippen molar-refractivity contribution in [2.45, 2.75) is 26.3 Å². The molecule has 7 nitrogen and oxygen atoms in total. The minimum absolute atomic E-state index is 0.374. The lowest BCUT2D eigenvalue weighted by molar-refractivity contribution is -0.139. The molecule has 166 valence electrons. The fourth-order valence-corrected chi connectivity index (χ4v) is 3.81. The lowest BCUT2D eigenvalue weighted by Crippen LogP contribution is -2.41. The monoisotopic (exact) mass is 450 g/mol. The third-order valence-corrected chi connectivity index (χ3v) is 5.60. The fraction of sp³-hybridized carbons (Fsp3) is 0.250. The number of thioether (sulfide) groups is 1. The van der Waals surface area contributed by atoms with E-state index in [1.165, 1.54) is 0 Å². The highest BCUT2D eigenvalue weighted by molar-refractivity contribution is 7.99. The van der Waals surface area contributed by atoms with Gasteiger partial charge in [0.25, 0.3) is 5.91 Å². The van der Waals surface area contributed by atoms with Gasteiger partial charge in [0.15, 0.2) is 0 Å². The van der Waals surface area contributed by atoms with Crippen molar-refractivity contribution in [2.75, 3.05) is 16.8 Å². The predicted octanol–water partition coefficient (Wildman–Crippen LogP) is 4.52. The second-order valence-electron chi connectivity index (χ2n) is 7.11. The van der Waals surface area contributed by atoms with Crippen LogP contribution >= 0.6 is 11.8 Å². The molecule has 0 saturated heterocycles. The maximum atomic E-state index is 12.7. The summed E-state index contributed by atoms with van der Waals surface area (Å²) in [5.74, 6) is 1.35. The number of hydrogen-bond acceptors (Lipinski definition) is 6. The summed E-state index contributed by atoms with van der Waals surface area (Å²) in [6.45, 7) is 3.84. The van der Waals surface area contributed by atoms with E-state index in [1.54, 1.807) is 30.0 Å². The van der Waals surface area contributed by atoms with Gasteiger partial charge in [-0.05, 0) is 43.0 Å². The summed E-state index contributed by atoms with van der Waals surface area (Å²) in [4.78, 5) is 33.1. The zero-order valence-electron chi connectivity index (χ0n) is 18.0. The Morgan fingerprint density at radius 1 is 1.06 bits per heavy atom. The number of carbonyl (C=O) groups is 2. The van der Waals surface area contributed by atoms with Gasteiger partial charge < -0.3 is 15.7 Å². The van der Waals surface area contributed by atoms with Crippen molar-refractivity contribution in [3.63, 3.8) is 0 Å². The van der Waals surface area contributed by atoms with Crippen LogP contribution in [0.25, 0.3) is 11.3 Å². The average Bonchev–Trinajstić information content (AvgIpc) is 2.78. The van der Waals surface area contributed by atoms with Crippen molar-refractivity contribution in [1.82, 2.24) is 15.3 Å². The van der Waals surface area contributed by atoms with Crippen LogP contribution in [-0.2, 0) is 4.79 Å². The number of amides is 1. The lowest BCUT2D eigenvalue weighted by atomic mass is 10.1. The highest BCUT2D eigenvalue weighted by Gasteiger charge is 2.20. The van der Waals surface area contributed by atoms with Gasteiger partial charge in [0, 0.05) is 22.9 Å². The van der Waals surface area contributed by atoms with Crippen LogP contribution < -0.4 is 10.6 Å². The molecule has 0 aliphatic rings. The number of carboxylic acid groups (broad SMARTS) is 1. The lowest BCUT2D eigenvalue weighted by Gasteiger charge is -2.15. The number of rotatable bonds is 10. The van der Waals surface area contributed by atoms with Crippen LogP contribution in [-0.4, -0.2) is 44.5 Å². The van der Waals surface area contributed by atoms with Gasteiger partial charge in [-0.15, -0.1) is 0 Å². The number of nitrogens with one attached hydrogen (secondary N) is 2. The first kappa shape index (κ1) is 23.3. The third kappa shape index (κ3) is 6.55. The molecule has 1 aromatic heterocycles. The zero-order valence-corrected chi connectivity index (χ0v) is 18.9. The summed E-state index contributed by atoms with van der Waals surface area (Å²) in [6, 6.07) is 17.6. The summed E-state index contributed by atoms with van der Waals surface area (Å²) < 4.78 is 0. The Labute approximate surface area is 191 Å².